The van der Waals surface area contributed by atoms with Gasteiger partial charge in [-0.1, -0.05) is 12.1 Å². The first-order valence-corrected chi connectivity index (χ1v) is 13.0. The lowest BCUT2D eigenvalue weighted by Crippen LogP contribution is -2.47. The van der Waals surface area contributed by atoms with Crippen molar-refractivity contribution in [1.82, 2.24) is 14.9 Å². The molecule has 5 nitrogen and oxygen atoms in total. The molecule has 3 aromatic heterocycles. The van der Waals surface area contributed by atoms with E-state index < -0.39 is 17.3 Å². The van der Waals surface area contributed by atoms with Crippen LogP contribution in [0.4, 0.5) is 18.9 Å². The van der Waals surface area contributed by atoms with E-state index in [0.717, 1.165) is 37.8 Å². The molecule has 0 atom stereocenters. The van der Waals surface area contributed by atoms with E-state index in [9.17, 15) is 18.4 Å². The third-order valence-corrected chi connectivity index (χ3v) is 7.96. The van der Waals surface area contributed by atoms with Gasteiger partial charge in [0.15, 0.2) is 0 Å². The lowest BCUT2D eigenvalue weighted by molar-refractivity contribution is -0.138. The molecule has 0 amide bonds. The standard InChI is InChI=1S/C25H22F3N5S2/c26-25(27,28)19-15-21(23-5-2-13-34-23)31-24(18(19)16-29)35-14-12-32-8-10-33(11-9-32)22-4-1-3-20-17(22)6-7-30-20/h1-7,13,15,30H,8-12,14H2. The number of nitrogens with zero attached hydrogens (tertiary/aromatic N) is 4. The minimum atomic E-state index is -4.62. The average Bonchev–Trinajstić information content (AvgIpc) is 3.56. The number of thiophene rings is 1. The number of halogens is 3. The van der Waals surface area contributed by atoms with E-state index in [1.54, 1.807) is 23.6 Å². The lowest BCUT2D eigenvalue weighted by atomic mass is 10.1. The van der Waals surface area contributed by atoms with E-state index in [1.807, 2.05) is 6.20 Å². The van der Waals surface area contributed by atoms with Gasteiger partial charge in [0.05, 0.1) is 21.7 Å². The topological polar surface area (TPSA) is 59.0 Å². The van der Waals surface area contributed by atoms with Crippen LogP contribution in [0, 0.1) is 11.3 Å². The van der Waals surface area contributed by atoms with Gasteiger partial charge >= 0.3 is 6.18 Å². The summed E-state index contributed by atoms with van der Waals surface area (Å²) in [7, 11) is 0. The number of pyridine rings is 1. The number of H-pyrrole nitrogens is 1. The lowest BCUT2D eigenvalue weighted by Gasteiger charge is -2.36. The molecular formula is C25H22F3N5S2. The Morgan fingerprint density at radius 1 is 1.11 bits per heavy atom. The molecule has 1 fully saturated rings. The number of nitrogens with one attached hydrogen (secondary N) is 1. The molecule has 4 aromatic rings. The van der Waals surface area contributed by atoms with Crippen LogP contribution in [0.2, 0.25) is 0 Å². The number of thioether (sulfide) groups is 1. The van der Waals surface area contributed by atoms with Crippen LogP contribution in [0.1, 0.15) is 11.1 Å². The summed E-state index contributed by atoms with van der Waals surface area (Å²) in [4.78, 5) is 13.0. The highest BCUT2D eigenvalue weighted by Crippen LogP contribution is 2.38. The molecule has 10 heteroatoms. The van der Waals surface area contributed by atoms with Gasteiger partial charge in [-0.2, -0.15) is 18.4 Å². The molecule has 4 heterocycles. The maximum Gasteiger partial charge on any atom is 0.417 e. The van der Waals surface area contributed by atoms with Crippen LogP contribution in [-0.2, 0) is 6.18 Å². The summed E-state index contributed by atoms with van der Waals surface area (Å²) in [6.45, 7) is 4.20. The maximum absolute atomic E-state index is 13.7. The Kier molecular flexibility index (Phi) is 6.73. The number of rotatable bonds is 6. The molecule has 0 saturated carbocycles. The molecule has 35 heavy (non-hydrogen) atoms. The van der Waals surface area contributed by atoms with Crippen LogP contribution in [-0.4, -0.2) is 53.3 Å². The molecule has 1 aliphatic rings. The number of piperazine rings is 1. The summed E-state index contributed by atoms with van der Waals surface area (Å²) >= 11 is 2.55. The monoisotopic (exact) mass is 513 g/mol. The summed E-state index contributed by atoms with van der Waals surface area (Å²) in [6, 6.07) is 14.6. The van der Waals surface area contributed by atoms with Crippen LogP contribution >= 0.6 is 23.1 Å². The van der Waals surface area contributed by atoms with Crippen LogP contribution in [0.15, 0.2) is 59.1 Å². The molecule has 180 valence electrons. The molecule has 5 rings (SSSR count). The van der Waals surface area contributed by atoms with Gasteiger partial charge in [-0.3, -0.25) is 4.90 Å². The van der Waals surface area contributed by atoms with E-state index >= 15 is 0 Å². The third kappa shape index (κ3) is 5.03. The van der Waals surface area contributed by atoms with Crippen molar-refractivity contribution < 1.29 is 13.2 Å². The summed E-state index contributed by atoms with van der Waals surface area (Å²) in [5.41, 5.74) is 1.26. The first-order chi connectivity index (χ1) is 16.9. The van der Waals surface area contributed by atoms with Crippen LogP contribution in [0.25, 0.3) is 21.5 Å². The molecule has 0 unspecified atom stereocenters. The molecule has 0 spiro atoms. The predicted molar refractivity (Wildman–Crippen MR) is 135 cm³/mol. The Labute approximate surface area is 209 Å². The number of benzene rings is 1. The number of aromatic nitrogens is 2. The van der Waals surface area contributed by atoms with Crippen molar-refractivity contribution >= 4 is 39.7 Å². The zero-order chi connectivity index (χ0) is 24.4. The summed E-state index contributed by atoms with van der Waals surface area (Å²) < 4.78 is 41.1. The van der Waals surface area contributed by atoms with Crippen LogP contribution in [0.5, 0.6) is 0 Å². The van der Waals surface area contributed by atoms with Gasteiger partial charge in [0.2, 0.25) is 0 Å². The first kappa shape index (κ1) is 23.7. The number of fused-ring (bicyclic) bond motifs is 1. The molecule has 1 N–H and O–H groups in total. The van der Waals surface area contributed by atoms with Gasteiger partial charge in [0.1, 0.15) is 11.1 Å². The zero-order valence-electron chi connectivity index (χ0n) is 18.7. The fourth-order valence-electron chi connectivity index (χ4n) is 4.34. The molecule has 0 aliphatic carbocycles. The number of hydrogen-bond acceptors (Lipinski definition) is 6. The Morgan fingerprint density at radius 2 is 1.94 bits per heavy atom. The van der Waals surface area contributed by atoms with Gasteiger partial charge in [0.25, 0.3) is 0 Å². The van der Waals surface area contributed by atoms with E-state index in [4.69, 9.17) is 0 Å². The summed E-state index contributed by atoms with van der Waals surface area (Å²) in [6.07, 6.45) is -2.67. The van der Waals surface area contributed by atoms with Crippen molar-refractivity contribution in [2.24, 2.45) is 0 Å². The third-order valence-electron chi connectivity index (χ3n) is 6.11. The molecule has 0 bridgehead atoms. The maximum atomic E-state index is 13.7. The van der Waals surface area contributed by atoms with Gasteiger partial charge in [-0.25, -0.2) is 4.98 Å². The molecule has 1 aromatic carbocycles. The number of hydrogen-bond donors (Lipinski definition) is 1. The van der Waals surface area contributed by atoms with E-state index in [2.05, 4.69) is 44.0 Å². The van der Waals surface area contributed by atoms with Gasteiger partial charge in [0, 0.05) is 61.3 Å². The average molecular weight is 514 g/mol. The molecule has 1 aliphatic heterocycles. The van der Waals surface area contributed by atoms with Gasteiger partial charge < -0.3 is 9.88 Å². The van der Waals surface area contributed by atoms with Crippen molar-refractivity contribution in [3.63, 3.8) is 0 Å². The van der Waals surface area contributed by atoms with E-state index in [-0.39, 0.29) is 10.7 Å². The van der Waals surface area contributed by atoms with Crippen LogP contribution in [0.3, 0.4) is 0 Å². The summed E-state index contributed by atoms with van der Waals surface area (Å²) in [5, 5.41) is 12.7. The molecule has 0 radical (unpaired) electrons. The Hall–Kier alpha value is -3.00. The number of nitriles is 1. The normalized spacial score (nSPS) is 15.0. The quantitative estimate of drug-likeness (QED) is 0.316. The Balaban J connectivity index is 1.25. The molecule has 1 saturated heterocycles. The first-order valence-electron chi connectivity index (χ1n) is 11.2. The van der Waals surface area contributed by atoms with Crippen molar-refractivity contribution in [1.29, 1.82) is 5.26 Å². The second-order valence-electron chi connectivity index (χ2n) is 8.22. The number of aromatic amines is 1. The second kappa shape index (κ2) is 9.93. The predicted octanol–water partition coefficient (Wildman–Crippen LogP) is 6.10. The smallest absolute Gasteiger partial charge is 0.368 e. The highest BCUT2D eigenvalue weighted by Gasteiger charge is 2.36. The summed E-state index contributed by atoms with van der Waals surface area (Å²) in [5.74, 6) is 0.556. The SMILES string of the molecule is N#Cc1c(C(F)(F)F)cc(-c2cccs2)nc1SCCN1CCN(c2cccc3[nH]ccc23)CC1. The van der Waals surface area contributed by atoms with Crippen molar-refractivity contribution in [2.75, 3.05) is 43.4 Å². The van der Waals surface area contributed by atoms with Gasteiger partial charge in [-0.15, -0.1) is 23.1 Å². The fraction of sp³-hybridized carbons (Fsp3) is 0.280. The van der Waals surface area contributed by atoms with Crippen molar-refractivity contribution in [3.8, 4) is 16.6 Å². The van der Waals surface area contributed by atoms with Crippen LogP contribution < -0.4 is 4.90 Å². The Morgan fingerprint density at radius 3 is 2.66 bits per heavy atom. The minimum absolute atomic E-state index is 0.142. The second-order valence-corrected chi connectivity index (χ2v) is 10.2. The minimum Gasteiger partial charge on any atom is -0.368 e. The largest absolute Gasteiger partial charge is 0.417 e. The van der Waals surface area contributed by atoms with Crippen molar-refractivity contribution in [2.45, 2.75) is 11.2 Å². The Bertz CT molecular complexity index is 1350. The van der Waals surface area contributed by atoms with Gasteiger partial charge in [-0.05, 0) is 35.7 Å². The zero-order valence-corrected chi connectivity index (χ0v) is 20.3. The fourth-order valence-corrected chi connectivity index (χ4v) is 6.03. The highest BCUT2D eigenvalue weighted by atomic mass is 32.2. The molecular weight excluding hydrogens is 491 g/mol. The number of anilines is 1. The highest BCUT2D eigenvalue weighted by molar-refractivity contribution is 7.99. The van der Waals surface area contributed by atoms with E-state index in [0.29, 0.717) is 17.2 Å². The number of alkyl halides is 3. The van der Waals surface area contributed by atoms with Crippen molar-refractivity contribution in [3.05, 3.63) is 65.2 Å². The van der Waals surface area contributed by atoms with E-state index in [1.165, 1.54) is 34.2 Å².